The van der Waals surface area contributed by atoms with Crippen molar-refractivity contribution in [2.24, 2.45) is 0 Å². The Hall–Kier alpha value is -1.09. The first kappa shape index (κ1) is 14.8. The van der Waals surface area contributed by atoms with Crippen LogP contribution in [0.4, 0.5) is 5.69 Å². The molecular weight excluding hydrogens is 284 g/mol. The summed E-state index contributed by atoms with van der Waals surface area (Å²) in [4.78, 5) is 17.1. The lowest BCUT2D eigenvalue weighted by Crippen LogP contribution is -2.18. The van der Waals surface area contributed by atoms with Crippen LogP contribution in [0.3, 0.4) is 0 Å². The lowest BCUT2D eigenvalue weighted by Gasteiger charge is -2.22. The third-order valence-electron chi connectivity index (χ3n) is 4.55. The molecule has 0 aromatic carbocycles. The maximum atomic E-state index is 12.2. The number of alkyl halides is 1. The van der Waals surface area contributed by atoms with Crippen LogP contribution in [0.15, 0.2) is 0 Å². The van der Waals surface area contributed by atoms with Crippen LogP contribution in [0.2, 0.25) is 0 Å². The number of aryl methyl sites for hydroxylation is 2. The number of rotatable bonds is 5. The number of halogens is 1. The second-order valence-corrected chi connectivity index (χ2v) is 6.47. The predicted molar refractivity (Wildman–Crippen MR) is 86.1 cm³/mol. The van der Waals surface area contributed by atoms with E-state index in [0.717, 1.165) is 44.2 Å². The summed E-state index contributed by atoms with van der Waals surface area (Å²) in [5, 5.41) is 3.21. The van der Waals surface area contributed by atoms with Gasteiger partial charge in [-0.15, -0.1) is 11.6 Å². The molecule has 0 atom stereocenters. The molecule has 2 aliphatic rings. The van der Waals surface area contributed by atoms with Crippen molar-refractivity contribution in [3.8, 4) is 0 Å². The van der Waals surface area contributed by atoms with Crippen molar-refractivity contribution >= 4 is 23.2 Å². The first-order valence-corrected chi connectivity index (χ1v) is 8.72. The number of aromatic nitrogens is 1. The van der Waals surface area contributed by atoms with Crippen molar-refractivity contribution in [1.82, 2.24) is 4.98 Å². The molecule has 1 aromatic rings. The van der Waals surface area contributed by atoms with Crippen molar-refractivity contribution in [1.29, 1.82) is 0 Å². The van der Waals surface area contributed by atoms with E-state index in [2.05, 4.69) is 5.32 Å². The van der Waals surface area contributed by atoms with Gasteiger partial charge in [0.2, 0.25) is 5.91 Å². The summed E-state index contributed by atoms with van der Waals surface area (Å²) in [5.41, 5.74) is 6.20. The van der Waals surface area contributed by atoms with E-state index < -0.39 is 0 Å². The second kappa shape index (κ2) is 6.78. The topological polar surface area (TPSA) is 42.0 Å². The minimum Gasteiger partial charge on any atom is -0.325 e. The number of pyridine rings is 1. The molecule has 0 bridgehead atoms. The molecule has 0 radical (unpaired) electrons. The number of amides is 1. The fourth-order valence-corrected chi connectivity index (χ4v) is 3.67. The molecule has 0 spiro atoms. The summed E-state index contributed by atoms with van der Waals surface area (Å²) in [7, 11) is 0. The first-order chi connectivity index (χ1) is 10.3. The maximum Gasteiger partial charge on any atom is 0.224 e. The van der Waals surface area contributed by atoms with Crippen LogP contribution in [0, 0.1) is 0 Å². The van der Waals surface area contributed by atoms with Gasteiger partial charge in [0.05, 0.1) is 5.69 Å². The van der Waals surface area contributed by atoms with Gasteiger partial charge in [-0.1, -0.05) is 0 Å². The van der Waals surface area contributed by atoms with E-state index in [1.54, 1.807) is 0 Å². The van der Waals surface area contributed by atoms with Crippen LogP contribution in [0.1, 0.15) is 61.0 Å². The standard InChI is InChI=1S/C17H23ClN2O/c18-11-4-3-10-16(21)20-17-12-6-1-2-8-14(12)19-15-9-5-7-13(15)17/h1-11H2,(H,19,20,21). The summed E-state index contributed by atoms with van der Waals surface area (Å²) >= 11 is 5.68. The van der Waals surface area contributed by atoms with E-state index in [-0.39, 0.29) is 5.91 Å². The zero-order valence-electron chi connectivity index (χ0n) is 12.5. The van der Waals surface area contributed by atoms with E-state index in [1.165, 1.54) is 41.8 Å². The summed E-state index contributed by atoms with van der Waals surface area (Å²) < 4.78 is 0. The van der Waals surface area contributed by atoms with Gasteiger partial charge in [0.1, 0.15) is 0 Å². The number of anilines is 1. The van der Waals surface area contributed by atoms with Gasteiger partial charge >= 0.3 is 0 Å². The Morgan fingerprint density at radius 2 is 1.67 bits per heavy atom. The van der Waals surface area contributed by atoms with E-state index in [1.807, 2.05) is 0 Å². The third-order valence-corrected chi connectivity index (χ3v) is 4.82. The van der Waals surface area contributed by atoms with E-state index in [0.29, 0.717) is 12.3 Å². The molecule has 1 amide bonds. The lowest BCUT2D eigenvalue weighted by atomic mass is 9.92. The highest BCUT2D eigenvalue weighted by molar-refractivity contribution is 6.17. The SMILES string of the molecule is O=C(CCCCCl)Nc1c2c(nc3c1CCC3)CCCC2. The van der Waals surface area contributed by atoms with Crippen LogP contribution in [-0.2, 0) is 30.5 Å². The lowest BCUT2D eigenvalue weighted by molar-refractivity contribution is -0.116. The molecule has 21 heavy (non-hydrogen) atoms. The predicted octanol–water partition coefficient (Wildman–Crippen LogP) is 3.80. The average Bonchev–Trinajstić information content (AvgIpc) is 2.95. The maximum absolute atomic E-state index is 12.2. The van der Waals surface area contributed by atoms with Crippen molar-refractivity contribution in [2.45, 2.75) is 64.2 Å². The quantitative estimate of drug-likeness (QED) is 0.664. The van der Waals surface area contributed by atoms with Gasteiger partial charge in [-0.3, -0.25) is 9.78 Å². The van der Waals surface area contributed by atoms with E-state index in [4.69, 9.17) is 16.6 Å². The van der Waals surface area contributed by atoms with Gasteiger partial charge in [0.25, 0.3) is 0 Å². The van der Waals surface area contributed by atoms with Gasteiger partial charge < -0.3 is 5.32 Å². The van der Waals surface area contributed by atoms with E-state index >= 15 is 0 Å². The number of hydrogen-bond acceptors (Lipinski definition) is 2. The van der Waals surface area contributed by atoms with Crippen molar-refractivity contribution in [3.05, 3.63) is 22.5 Å². The fourth-order valence-electron chi connectivity index (χ4n) is 3.48. The molecular formula is C17H23ClN2O. The number of fused-ring (bicyclic) bond motifs is 2. The Labute approximate surface area is 131 Å². The molecule has 0 saturated heterocycles. The first-order valence-electron chi connectivity index (χ1n) is 8.19. The number of hydrogen-bond donors (Lipinski definition) is 1. The molecule has 1 aromatic heterocycles. The number of nitrogens with one attached hydrogen (secondary N) is 1. The van der Waals surface area contributed by atoms with E-state index in [9.17, 15) is 4.79 Å². The Bertz CT molecular complexity index is 542. The fraction of sp³-hybridized carbons (Fsp3) is 0.647. The van der Waals surface area contributed by atoms with Crippen molar-refractivity contribution < 1.29 is 4.79 Å². The number of carbonyl (C=O) groups is 1. The molecule has 3 nitrogen and oxygen atoms in total. The molecule has 114 valence electrons. The Morgan fingerprint density at radius 3 is 2.43 bits per heavy atom. The molecule has 3 rings (SSSR count). The average molecular weight is 307 g/mol. The minimum absolute atomic E-state index is 0.133. The van der Waals surface area contributed by atoms with Gasteiger partial charge in [-0.05, 0) is 68.9 Å². The normalized spacial score (nSPS) is 16.4. The van der Waals surface area contributed by atoms with Crippen LogP contribution >= 0.6 is 11.6 Å². The van der Waals surface area contributed by atoms with Gasteiger partial charge in [-0.2, -0.15) is 0 Å². The molecule has 0 saturated carbocycles. The smallest absolute Gasteiger partial charge is 0.224 e. The summed E-state index contributed by atoms with van der Waals surface area (Å²) in [5.74, 6) is 0.765. The van der Waals surface area contributed by atoms with Gasteiger partial charge in [0, 0.05) is 23.7 Å². The molecule has 1 heterocycles. The Kier molecular flexibility index (Phi) is 4.79. The molecule has 2 aliphatic carbocycles. The molecule has 4 heteroatoms. The Balaban J connectivity index is 1.83. The van der Waals surface area contributed by atoms with Crippen molar-refractivity contribution in [2.75, 3.05) is 11.2 Å². The number of nitrogens with zero attached hydrogens (tertiary/aromatic N) is 1. The molecule has 0 fully saturated rings. The number of unbranched alkanes of at least 4 members (excludes halogenated alkanes) is 1. The summed E-state index contributed by atoms with van der Waals surface area (Å²) in [6.07, 6.45) is 10.2. The van der Waals surface area contributed by atoms with Crippen molar-refractivity contribution in [3.63, 3.8) is 0 Å². The molecule has 0 unspecified atom stereocenters. The van der Waals surface area contributed by atoms with Gasteiger partial charge in [0.15, 0.2) is 0 Å². The van der Waals surface area contributed by atoms with Crippen LogP contribution < -0.4 is 5.32 Å². The summed E-state index contributed by atoms with van der Waals surface area (Å²) in [6.45, 7) is 0. The largest absolute Gasteiger partial charge is 0.325 e. The molecule has 1 N–H and O–H groups in total. The van der Waals surface area contributed by atoms with Crippen LogP contribution in [0.25, 0.3) is 0 Å². The highest BCUT2D eigenvalue weighted by atomic mass is 35.5. The Morgan fingerprint density at radius 1 is 1.00 bits per heavy atom. The zero-order chi connectivity index (χ0) is 14.7. The highest BCUT2D eigenvalue weighted by Crippen LogP contribution is 2.35. The minimum atomic E-state index is 0.133. The highest BCUT2D eigenvalue weighted by Gasteiger charge is 2.25. The monoisotopic (exact) mass is 306 g/mol. The summed E-state index contributed by atoms with van der Waals surface area (Å²) in [6, 6.07) is 0. The van der Waals surface area contributed by atoms with Crippen LogP contribution in [0.5, 0.6) is 0 Å². The number of carbonyl (C=O) groups excluding carboxylic acids is 1. The zero-order valence-corrected chi connectivity index (χ0v) is 13.3. The van der Waals surface area contributed by atoms with Crippen LogP contribution in [-0.4, -0.2) is 16.8 Å². The van der Waals surface area contributed by atoms with Gasteiger partial charge in [-0.25, -0.2) is 0 Å². The molecule has 0 aliphatic heterocycles. The second-order valence-electron chi connectivity index (χ2n) is 6.09. The third kappa shape index (κ3) is 3.23.